The largest absolute Gasteiger partial charge is 0.390 e. The van der Waals surface area contributed by atoms with Crippen LogP contribution in [0.3, 0.4) is 0 Å². The third-order valence-electron chi connectivity index (χ3n) is 3.66. The summed E-state index contributed by atoms with van der Waals surface area (Å²) in [5.74, 6) is 0. The van der Waals surface area contributed by atoms with Crippen molar-refractivity contribution in [2.45, 2.75) is 51.2 Å². The third-order valence-corrected chi connectivity index (χ3v) is 3.66. The van der Waals surface area contributed by atoms with Crippen LogP contribution in [0.1, 0.15) is 38.7 Å². The van der Waals surface area contributed by atoms with Crippen LogP contribution in [0, 0.1) is 0 Å². The molecule has 96 valence electrons. The maximum atomic E-state index is 10.1. The number of hydrogen-bond donors (Lipinski definition) is 1. The second-order valence-corrected chi connectivity index (χ2v) is 4.76. The topological polar surface area (TPSA) is 29.5 Å². The van der Waals surface area contributed by atoms with E-state index in [1.165, 1.54) is 5.56 Å². The molecule has 2 atom stereocenters. The summed E-state index contributed by atoms with van der Waals surface area (Å²) in [6.45, 7) is 4.02. The Bertz CT molecular complexity index is 304. The molecule has 1 aromatic rings. The highest BCUT2D eigenvalue weighted by Gasteiger charge is 2.30. The molecule has 0 spiro atoms. The molecule has 0 saturated carbocycles. The van der Waals surface area contributed by atoms with Crippen molar-refractivity contribution in [3.8, 4) is 0 Å². The Hall–Kier alpha value is -0.860. The van der Waals surface area contributed by atoms with E-state index in [0.717, 1.165) is 25.7 Å². The van der Waals surface area contributed by atoms with E-state index in [2.05, 4.69) is 24.3 Å². The minimum Gasteiger partial charge on any atom is -0.390 e. The lowest BCUT2D eigenvalue weighted by Gasteiger charge is -2.32. The molecule has 17 heavy (non-hydrogen) atoms. The number of methoxy groups -OCH3 is 1. The molecule has 0 fully saturated rings. The van der Waals surface area contributed by atoms with Gasteiger partial charge in [-0.05, 0) is 38.2 Å². The predicted molar refractivity (Wildman–Crippen MR) is 71.1 cm³/mol. The SMILES string of the molecule is CCC(C)(OC)C(O)CCCc1ccccc1. The fraction of sp³-hybridized carbons (Fsp3) is 0.600. The average molecular weight is 236 g/mol. The smallest absolute Gasteiger partial charge is 0.0905 e. The molecule has 0 heterocycles. The zero-order valence-electron chi connectivity index (χ0n) is 11.1. The quantitative estimate of drug-likeness (QED) is 0.788. The maximum Gasteiger partial charge on any atom is 0.0905 e. The van der Waals surface area contributed by atoms with E-state index >= 15 is 0 Å². The van der Waals surface area contributed by atoms with Crippen molar-refractivity contribution < 1.29 is 9.84 Å². The van der Waals surface area contributed by atoms with Crippen LogP contribution in [0.25, 0.3) is 0 Å². The molecule has 2 heteroatoms. The lowest BCUT2D eigenvalue weighted by atomic mass is 9.91. The van der Waals surface area contributed by atoms with Crippen LogP contribution >= 0.6 is 0 Å². The molecule has 0 aliphatic carbocycles. The van der Waals surface area contributed by atoms with Gasteiger partial charge >= 0.3 is 0 Å². The van der Waals surface area contributed by atoms with Crippen LogP contribution in [0.4, 0.5) is 0 Å². The first-order valence-corrected chi connectivity index (χ1v) is 6.39. The normalized spacial score (nSPS) is 16.5. The molecule has 2 unspecified atom stereocenters. The highest BCUT2D eigenvalue weighted by molar-refractivity contribution is 5.14. The standard InChI is InChI=1S/C15H24O2/c1-4-15(2,17-3)14(16)12-8-11-13-9-6-5-7-10-13/h5-7,9-10,14,16H,4,8,11-12H2,1-3H3. The molecule has 0 aliphatic rings. The number of aliphatic hydroxyl groups is 1. The number of hydrogen-bond acceptors (Lipinski definition) is 2. The highest BCUT2D eigenvalue weighted by atomic mass is 16.5. The lowest BCUT2D eigenvalue weighted by Crippen LogP contribution is -2.40. The third kappa shape index (κ3) is 4.14. The van der Waals surface area contributed by atoms with Gasteiger partial charge in [0.05, 0.1) is 11.7 Å². The minimum absolute atomic E-state index is 0.388. The Balaban J connectivity index is 2.36. The molecule has 0 bridgehead atoms. The number of aliphatic hydroxyl groups excluding tert-OH is 1. The van der Waals surface area contributed by atoms with Crippen molar-refractivity contribution in [1.29, 1.82) is 0 Å². The van der Waals surface area contributed by atoms with Gasteiger partial charge in [0.15, 0.2) is 0 Å². The molecular weight excluding hydrogens is 212 g/mol. The summed E-state index contributed by atoms with van der Waals surface area (Å²) in [6.07, 6.45) is 3.23. The summed E-state index contributed by atoms with van der Waals surface area (Å²) in [5, 5.41) is 10.1. The van der Waals surface area contributed by atoms with E-state index < -0.39 is 5.60 Å². The van der Waals surface area contributed by atoms with Gasteiger partial charge in [-0.25, -0.2) is 0 Å². The molecular formula is C15H24O2. The summed E-state index contributed by atoms with van der Waals surface area (Å²) in [7, 11) is 1.67. The van der Waals surface area contributed by atoms with Crippen LogP contribution in [-0.4, -0.2) is 23.9 Å². The van der Waals surface area contributed by atoms with Gasteiger partial charge < -0.3 is 9.84 Å². The zero-order chi connectivity index (χ0) is 12.7. The predicted octanol–water partition coefficient (Wildman–Crippen LogP) is 3.19. The van der Waals surface area contributed by atoms with Gasteiger partial charge in [0.2, 0.25) is 0 Å². The summed E-state index contributed by atoms with van der Waals surface area (Å²) in [4.78, 5) is 0. The molecule has 0 amide bonds. The van der Waals surface area contributed by atoms with Crippen molar-refractivity contribution in [2.75, 3.05) is 7.11 Å². The fourth-order valence-corrected chi connectivity index (χ4v) is 1.97. The Kier molecular flexibility index (Phi) is 5.66. The van der Waals surface area contributed by atoms with Gasteiger partial charge in [-0.15, -0.1) is 0 Å². The Morgan fingerprint density at radius 1 is 1.29 bits per heavy atom. The van der Waals surface area contributed by atoms with Crippen molar-refractivity contribution in [1.82, 2.24) is 0 Å². The lowest BCUT2D eigenvalue weighted by molar-refractivity contribution is -0.0952. The molecule has 1 aromatic carbocycles. The van der Waals surface area contributed by atoms with E-state index in [0.29, 0.717) is 0 Å². The second-order valence-electron chi connectivity index (χ2n) is 4.76. The molecule has 0 aliphatic heterocycles. The van der Waals surface area contributed by atoms with E-state index in [4.69, 9.17) is 4.74 Å². The zero-order valence-corrected chi connectivity index (χ0v) is 11.1. The van der Waals surface area contributed by atoms with E-state index in [9.17, 15) is 5.11 Å². The number of rotatable bonds is 7. The van der Waals surface area contributed by atoms with E-state index in [1.54, 1.807) is 7.11 Å². The van der Waals surface area contributed by atoms with E-state index in [-0.39, 0.29) is 6.10 Å². The van der Waals surface area contributed by atoms with Gasteiger partial charge in [0.25, 0.3) is 0 Å². The van der Waals surface area contributed by atoms with E-state index in [1.807, 2.05) is 19.9 Å². The Labute approximate surface area is 105 Å². The first-order valence-electron chi connectivity index (χ1n) is 6.39. The first-order chi connectivity index (χ1) is 8.12. The Morgan fingerprint density at radius 2 is 1.94 bits per heavy atom. The second kappa shape index (κ2) is 6.77. The number of benzene rings is 1. The summed E-state index contributed by atoms with van der Waals surface area (Å²) >= 11 is 0. The van der Waals surface area contributed by atoms with Gasteiger partial charge in [0.1, 0.15) is 0 Å². The first kappa shape index (κ1) is 14.2. The van der Waals surface area contributed by atoms with Crippen molar-refractivity contribution in [2.24, 2.45) is 0 Å². The average Bonchev–Trinajstić information content (AvgIpc) is 2.39. The number of aryl methyl sites for hydroxylation is 1. The van der Waals surface area contributed by atoms with Crippen LogP contribution in [0.5, 0.6) is 0 Å². The fourth-order valence-electron chi connectivity index (χ4n) is 1.97. The highest BCUT2D eigenvalue weighted by Crippen LogP contribution is 2.23. The minimum atomic E-state index is -0.406. The molecule has 2 nitrogen and oxygen atoms in total. The molecule has 0 saturated heterocycles. The molecule has 1 rings (SSSR count). The van der Waals surface area contributed by atoms with Crippen molar-refractivity contribution in [3.05, 3.63) is 35.9 Å². The van der Waals surface area contributed by atoms with Gasteiger partial charge in [-0.2, -0.15) is 0 Å². The monoisotopic (exact) mass is 236 g/mol. The number of ether oxygens (including phenoxy) is 1. The summed E-state index contributed by atoms with van der Waals surface area (Å²) in [5.41, 5.74) is 0.923. The van der Waals surface area contributed by atoms with Crippen LogP contribution < -0.4 is 0 Å². The van der Waals surface area contributed by atoms with Crippen molar-refractivity contribution in [3.63, 3.8) is 0 Å². The maximum absolute atomic E-state index is 10.1. The van der Waals surface area contributed by atoms with Crippen LogP contribution in [0.15, 0.2) is 30.3 Å². The summed E-state index contributed by atoms with van der Waals surface area (Å²) in [6, 6.07) is 10.4. The van der Waals surface area contributed by atoms with Crippen molar-refractivity contribution >= 4 is 0 Å². The van der Waals surface area contributed by atoms with Crippen LogP contribution in [-0.2, 0) is 11.2 Å². The van der Waals surface area contributed by atoms with Gasteiger partial charge in [0, 0.05) is 7.11 Å². The Morgan fingerprint density at radius 3 is 2.47 bits per heavy atom. The van der Waals surface area contributed by atoms with Gasteiger partial charge in [-0.1, -0.05) is 37.3 Å². The molecule has 0 radical (unpaired) electrons. The van der Waals surface area contributed by atoms with Gasteiger partial charge in [-0.3, -0.25) is 0 Å². The summed E-state index contributed by atoms with van der Waals surface area (Å²) < 4.78 is 5.40. The molecule has 0 aromatic heterocycles. The van der Waals surface area contributed by atoms with Crippen LogP contribution in [0.2, 0.25) is 0 Å². The molecule has 1 N–H and O–H groups in total.